The third-order valence-corrected chi connectivity index (χ3v) is 2.53. The van der Waals surface area contributed by atoms with Crippen LogP contribution in [-0.4, -0.2) is 0 Å². The quantitative estimate of drug-likeness (QED) is 0.816. The summed E-state index contributed by atoms with van der Waals surface area (Å²) < 4.78 is 19.1. The molecule has 0 bridgehead atoms. The van der Waals surface area contributed by atoms with Crippen molar-refractivity contribution >= 4 is 5.69 Å². The zero-order chi connectivity index (χ0) is 12.3. The number of rotatable bonds is 3. The standard InChI is InChI=1S/C14H14FNO/c1-2-10-5-3-4-6-13(10)17-14-8-7-11(16)9-12(14)15/h3-9H,2,16H2,1H3. The van der Waals surface area contributed by atoms with Gasteiger partial charge in [-0.05, 0) is 30.2 Å². The van der Waals surface area contributed by atoms with Crippen molar-refractivity contribution < 1.29 is 9.13 Å². The zero-order valence-electron chi connectivity index (χ0n) is 9.61. The summed E-state index contributed by atoms with van der Waals surface area (Å²) >= 11 is 0. The summed E-state index contributed by atoms with van der Waals surface area (Å²) in [6.07, 6.45) is 0.840. The minimum atomic E-state index is -0.448. The average Bonchev–Trinajstić information content (AvgIpc) is 2.33. The Morgan fingerprint density at radius 2 is 1.88 bits per heavy atom. The van der Waals surface area contributed by atoms with Crippen molar-refractivity contribution in [3.8, 4) is 11.5 Å². The Balaban J connectivity index is 2.31. The first-order valence-corrected chi connectivity index (χ1v) is 5.51. The highest BCUT2D eigenvalue weighted by Crippen LogP contribution is 2.28. The van der Waals surface area contributed by atoms with E-state index in [1.54, 1.807) is 6.07 Å². The van der Waals surface area contributed by atoms with Crippen LogP contribution >= 0.6 is 0 Å². The van der Waals surface area contributed by atoms with Crippen LogP contribution in [0.3, 0.4) is 0 Å². The molecule has 2 aromatic carbocycles. The largest absolute Gasteiger partial charge is 0.454 e. The van der Waals surface area contributed by atoms with Crippen molar-refractivity contribution in [1.29, 1.82) is 0 Å². The molecular formula is C14H14FNO. The lowest BCUT2D eigenvalue weighted by atomic mass is 10.1. The lowest BCUT2D eigenvalue weighted by molar-refractivity contribution is 0.438. The maximum Gasteiger partial charge on any atom is 0.167 e. The number of ether oxygens (including phenoxy) is 1. The van der Waals surface area contributed by atoms with Gasteiger partial charge in [-0.15, -0.1) is 0 Å². The first-order valence-electron chi connectivity index (χ1n) is 5.51. The first-order chi connectivity index (χ1) is 8.20. The maximum absolute atomic E-state index is 13.6. The normalized spacial score (nSPS) is 10.2. The van der Waals surface area contributed by atoms with E-state index in [9.17, 15) is 4.39 Å². The van der Waals surface area contributed by atoms with Crippen molar-refractivity contribution in [2.24, 2.45) is 0 Å². The number of halogens is 1. The molecule has 0 atom stereocenters. The second-order valence-electron chi connectivity index (χ2n) is 3.75. The van der Waals surface area contributed by atoms with E-state index in [4.69, 9.17) is 10.5 Å². The van der Waals surface area contributed by atoms with E-state index < -0.39 is 5.82 Å². The van der Waals surface area contributed by atoms with Gasteiger partial charge in [-0.3, -0.25) is 0 Å². The number of anilines is 1. The SMILES string of the molecule is CCc1ccccc1Oc1ccc(N)cc1F. The molecule has 0 saturated heterocycles. The molecule has 0 amide bonds. The highest BCUT2D eigenvalue weighted by atomic mass is 19.1. The highest BCUT2D eigenvalue weighted by molar-refractivity contribution is 5.45. The summed E-state index contributed by atoms with van der Waals surface area (Å²) in [5.74, 6) is 0.426. The minimum absolute atomic E-state index is 0.195. The van der Waals surface area contributed by atoms with Crippen molar-refractivity contribution in [3.63, 3.8) is 0 Å². The van der Waals surface area contributed by atoms with Crippen LogP contribution in [0, 0.1) is 5.82 Å². The molecule has 0 heterocycles. The number of benzene rings is 2. The van der Waals surface area contributed by atoms with Crippen LogP contribution in [0.15, 0.2) is 42.5 Å². The van der Waals surface area contributed by atoms with Gasteiger partial charge in [-0.1, -0.05) is 25.1 Å². The maximum atomic E-state index is 13.6. The van der Waals surface area contributed by atoms with Gasteiger partial charge in [-0.25, -0.2) is 4.39 Å². The van der Waals surface area contributed by atoms with Crippen LogP contribution in [0.1, 0.15) is 12.5 Å². The van der Waals surface area contributed by atoms with Crippen LogP contribution in [-0.2, 0) is 6.42 Å². The molecule has 0 saturated carbocycles. The highest BCUT2D eigenvalue weighted by Gasteiger charge is 2.07. The summed E-state index contributed by atoms with van der Waals surface area (Å²) in [6.45, 7) is 2.03. The molecule has 0 radical (unpaired) electrons. The topological polar surface area (TPSA) is 35.2 Å². The smallest absolute Gasteiger partial charge is 0.167 e. The van der Waals surface area contributed by atoms with Crippen molar-refractivity contribution in [3.05, 3.63) is 53.8 Å². The molecule has 0 aliphatic carbocycles. The van der Waals surface area contributed by atoms with Crippen molar-refractivity contribution in [1.82, 2.24) is 0 Å². The summed E-state index contributed by atoms with van der Waals surface area (Å²) in [4.78, 5) is 0. The third-order valence-electron chi connectivity index (χ3n) is 2.53. The molecule has 0 aromatic heterocycles. The van der Waals surface area contributed by atoms with Gasteiger partial charge in [0, 0.05) is 11.8 Å². The third kappa shape index (κ3) is 2.56. The second-order valence-corrected chi connectivity index (χ2v) is 3.75. The van der Waals surface area contributed by atoms with Gasteiger partial charge in [0.15, 0.2) is 11.6 Å². The van der Waals surface area contributed by atoms with Gasteiger partial charge < -0.3 is 10.5 Å². The van der Waals surface area contributed by atoms with E-state index in [1.807, 2.05) is 31.2 Å². The first kappa shape index (κ1) is 11.5. The Morgan fingerprint density at radius 1 is 1.12 bits per heavy atom. The number of para-hydroxylation sites is 1. The predicted molar refractivity (Wildman–Crippen MR) is 66.7 cm³/mol. The van der Waals surface area contributed by atoms with Gasteiger partial charge in [0.2, 0.25) is 0 Å². The monoisotopic (exact) mass is 231 g/mol. The van der Waals surface area contributed by atoms with Crippen LogP contribution in [0.2, 0.25) is 0 Å². The molecule has 0 spiro atoms. The fourth-order valence-electron chi connectivity index (χ4n) is 1.61. The van der Waals surface area contributed by atoms with E-state index in [0.717, 1.165) is 12.0 Å². The van der Waals surface area contributed by atoms with Crippen LogP contribution in [0.5, 0.6) is 11.5 Å². The van der Waals surface area contributed by atoms with Gasteiger partial charge >= 0.3 is 0 Å². The molecule has 0 aliphatic heterocycles. The molecule has 2 rings (SSSR count). The Kier molecular flexibility index (Phi) is 3.28. The lowest BCUT2D eigenvalue weighted by Crippen LogP contribution is -1.94. The number of hydrogen-bond acceptors (Lipinski definition) is 2. The Hall–Kier alpha value is -2.03. The van der Waals surface area contributed by atoms with Gasteiger partial charge in [0.25, 0.3) is 0 Å². The fraction of sp³-hybridized carbons (Fsp3) is 0.143. The number of aryl methyl sites for hydroxylation is 1. The Bertz CT molecular complexity index is 525. The van der Waals surface area contributed by atoms with Crippen LogP contribution in [0.25, 0.3) is 0 Å². The number of nitrogens with two attached hydrogens (primary N) is 1. The van der Waals surface area contributed by atoms with Gasteiger partial charge in [-0.2, -0.15) is 0 Å². The van der Waals surface area contributed by atoms with Crippen molar-refractivity contribution in [2.75, 3.05) is 5.73 Å². The molecule has 3 heteroatoms. The molecular weight excluding hydrogens is 217 g/mol. The molecule has 0 aliphatic rings. The van der Waals surface area contributed by atoms with Crippen molar-refractivity contribution in [2.45, 2.75) is 13.3 Å². The Labute approximate surface area is 99.8 Å². The molecule has 17 heavy (non-hydrogen) atoms. The summed E-state index contributed by atoms with van der Waals surface area (Å²) in [7, 11) is 0. The van der Waals surface area contributed by atoms with E-state index in [-0.39, 0.29) is 5.75 Å². The number of hydrogen-bond donors (Lipinski definition) is 1. The Morgan fingerprint density at radius 3 is 2.59 bits per heavy atom. The fourth-order valence-corrected chi connectivity index (χ4v) is 1.61. The molecule has 0 fully saturated rings. The van der Waals surface area contributed by atoms with E-state index in [0.29, 0.717) is 11.4 Å². The van der Waals surface area contributed by atoms with E-state index in [1.165, 1.54) is 12.1 Å². The molecule has 88 valence electrons. The predicted octanol–water partition coefficient (Wildman–Crippen LogP) is 3.76. The average molecular weight is 231 g/mol. The second kappa shape index (κ2) is 4.87. The molecule has 0 unspecified atom stereocenters. The van der Waals surface area contributed by atoms with E-state index in [2.05, 4.69) is 0 Å². The van der Waals surface area contributed by atoms with Gasteiger partial charge in [0.1, 0.15) is 5.75 Å². The van der Waals surface area contributed by atoms with Gasteiger partial charge in [0.05, 0.1) is 0 Å². The minimum Gasteiger partial charge on any atom is -0.454 e. The summed E-state index contributed by atoms with van der Waals surface area (Å²) in [5.41, 5.74) is 6.91. The molecule has 2 nitrogen and oxygen atoms in total. The summed E-state index contributed by atoms with van der Waals surface area (Å²) in [5, 5.41) is 0. The zero-order valence-corrected chi connectivity index (χ0v) is 9.61. The van der Waals surface area contributed by atoms with E-state index >= 15 is 0 Å². The molecule has 2 N–H and O–H groups in total. The van der Waals surface area contributed by atoms with Crippen LogP contribution in [0.4, 0.5) is 10.1 Å². The molecule has 2 aromatic rings. The van der Waals surface area contributed by atoms with Crippen LogP contribution < -0.4 is 10.5 Å². The summed E-state index contributed by atoms with van der Waals surface area (Å²) in [6, 6.07) is 12.0. The number of nitrogen functional groups attached to an aromatic ring is 1. The lowest BCUT2D eigenvalue weighted by Gasteiger charge is -2.10.